The van der Waals surface area contributed by atoms with Crippen molar-refractivity contribution < 1.29 is 9.53 Å². The lowest BCUT2D eigenvalue weighted by molar-refractivity contribution is 0.0490. The summed E-state index contributed by atoms with van der Waals surface area (Å²) < 4.78 is 6.43. The lowest BCUT2D eigenvalue weighted by Gasteiger charge is -2.03. The van der Waals surface area contributed by atoms with Crippen LogP contribution in [0.5, 0.6) is 0 Å². The van der Waals surface area contributed by atoms with E-state index in [1.54, 1.807) is 24.9 Å². The van der Waals surface area contributed by atoms with Gasteiger partial charge < -0.3 is 4.74 Å². The minimum atomic E-state index is -0.368. The zero-order chi connectivity index (χ0) is 9.14. The molecule has 0 saturated heterocycles. The number of rotatable bonds is 2. The van der Waals surface area contributed by atoms with Crippen molar-refractivity contribution in [3.05, 3.63) is 18.0 Å². The van der Waals surface area contributed by atoms with E-state index < -0.39 is 0 Å². The first-order valence-electron chi connectivity index (χ1n) is 3.43. The largest absolute Gasteiger partial charge is 0.447 e. The molecule has 1 atom stereocenters. The molecule has 0 fully saturated rings. The fourth-order valence-electron chi connectivity index (χ4n) is 0.742. The third-order valence-electron chi connectivity index (χ3n) is 1.21. The third-order valence-corrected chi connectivity index (χ3v) is 1.40. The highest BCUT2D eigenvalue weighted by Gasteiger charge is 2.10. The van der Waals surface area contributed by atoms with Gasteiger partial charge in [-0.15, -0.1) is 0 Å². The topological polar surface area (TPSA) is 44.1 Å². The molecule has 0 radical (unpaired) electrons. The molecule has 0 aliphatic rings. The summed E-state index contributed by atoms with van der Waals surface area (Å²) in [5, 5.41) is 3.57. The molecule has 0 aliphatic heterocycles. The van der Waals surface area contributed by atoms with Crippen molar-refractivity contribution in [2.75, 3.05) is 0 Å². The fraction of sp³-hybridized carbons (Fsp3) is 0.429. The number of nitrogens with zero attached hydrogens (tertiary/aromatic N) is 2. The second-order valence-electron chi connectivity index (χ2n) is 2.35. The number of aryl methyl sites for hydroxylation is 1. The lowest BCUT2D eigenvalue weighted by atomic mass is 10.4. The molecule has 1 unspecified atom stereocenters. The van der Waals surface area contributed by atoms with Crippen LogP contribution in [0.25, 0.3) is 0 Å². The molecule has 0 aromatic carbocycles. The average molecular weight is 233 g/mol. The molecule has 0 bridgehead atoms. The summed E-state index contributed by atoms with van der Waals surface area (Å²) in [4.78, 5) is 11.2. The zero-order valence-electron chi connectivity index (χ0n) is 6.82. The van der Waals surface area contributed by atoms with Crippen LogP contribution in [-0.4, -0.2) is 20.8 Å². The van der Waals surface area contributed by atoms with E-state index in [-0.39, 0.29) is 11.0 Å². The van der Waals surface area contributed by atoms with Crippen LogP contribution in [0.4, 0.5) is 0 Å². The zero-order valence-corrected chi connectivity index (χ0v) is 8.41. The third kappa shape index (κ3) is 2.34. The van der Waals surface area contributed by atoms with Crippen LogP contribution in [0.15, 0.2) is 12.4 Å². The van der Waals surface area contributed by atoms with Crippen LogP contribution in [0.1, 0.15) is 17.3 Å². The van der Waals surface area contributed by atoms with Gasteiger partial charge in [0.1, 0.15) is 0 Å². The van der Waals surface area contributed by atoms with Crippen molar-refractivity contribution in [1.82, 2.24) is 9.78 Å². The van der Waals surface area contributed by atoms with Crippen molar-refractivity contribution in [3.8, 4) is 0 Å². The molecular formula is C7H9BrN2O2. The van der Waals surface area contributed by atoms with Gasteiger partial charge >= 0.3 is 5.97 Å². The first-order chi connectivity index (χ1) is 5.59. The summed E-state index contributed by atoms with van der Waals surface area (Å²) in [6.07, 6.45) is 3.08. The van der Waals surface area contributed by atoms with E-state index in [2.05, 4.69) is 21.0 Å². The van der Waals surface area contributed by atoms with Gasteiger partial charge in [0.05, 0.1) is 11.8 Å². The molecule has 4 nitrogen and oxygen atoms in total. The van der Waals surface area contributed by atoms with Crippen LogP contribution in [0.2, 0.25) is 0 Å². The first kappa shape index (κ1) is 9.25. The molecule has 0 spiro atoms. The molecule has 0 amide bonds. The molecule has 1 rings (SSSR count). The molecule has 5 heteroatoms. The average Bonchev–Trinajstić information content (AvgIpc) is 2.34. The van der Waals surface area contributed by atoms with Crippen molar-refractivity contribution in [1.29, 1.82) is 0 Å². The van der Waals surface area contributed by atoms with Gasteiger partial charge in [0.2, 0.25) is 0 Å². The Bertz CT molecular complexity index is 283. The van der Waals surface area contributed by atoms with E-state index >= 15 is 0 Å². The van der Waals surface area contributed by atoms with Gasteiger partial charge in [-0.3, -0.25) is 4.68 Å². The van der Waals surface area contributed by atoms with Gasteiger partial charge in [-0.1, -0.05) is 0 Å². The van der Waals surface area contributed by atoms with Crippen LogP contribution in [0.3, 0.4) is 0 Å². The van der Waals surface area contributed by atoms with E-state index in [1.807, 2.05) is 0 Å². The molecule has 12 heavy (non-hydrogen) atoms. The Labute approximate surface area is 78.6 Å². The lowest BCUT2D eigenvalue weighted by Crippen LogP contribution is -2.08. The summed E-state index contributed by atoms with van der Waals surface area (Å²) in [5.41, 5.74) is 0.462. The summed E-state index contributed by atoms with van der Waals surface area (Å²) in [5.74, 6) is -0.368. The number of ether oxygens (including phenoxy) is 1. The number of carbonyl (C=O) groups excluding carboxylic acids is 1. The standard InChI is InChI=1S/C7H9BrN2O2/c1-5(8)12-7(11)6-3-9-10(2)4-6/h3-5H,1-2H3. The Balaban J connectivity index is 2.65. The Kier molecular flexibility index (Phi) is 2.86. The van der Waals surface area contributed by atoms with Crippen LogP contribution in [-0.2, 0) is 11.8 Å². The van der Waals surface area contributed by atoms with Gasteiger partial charge in [0.15, 0.2) is 5.01 Å². The minimum Gasteiger partial charge on any atom is -0.447 e. The number of esters is 1. The smallest absolute Gasteiger partial charge is 0.342 e. The van der Waals surface area contributed by atoms with Gasteiger partial charge in [-0.05, 0) is 22.9 Å². The van der Waals surface area contributed by atoms with Crippen molar-refractivity contribution in [3.63, 3.8) is 0 Å². The number of halogens is 1. The number of hydrogen-bond donors (Lipinski definition) is 0. The van der Waals surface area contributed by atoms with E-state index in [1.165, 1.54) is 6.20 Å². The molecule has 0 saturated carbocycles. The van der Waals surface area contributed by atoms with Crippen LogP contribution in [0, 0.1) is 0 Å². The summed E-state index contributed by atoms with van der Waals surface area (Å²) in [7, 11) is 1.74. The maximum atomic E-state index is 11.2. The van der Waals surface area contributed by atoms with Gasteiger partial charge in [-0.2, -0.15) is 5.10 Å². The fourth-order valence-corrected chi connectivity index (χ4v) is 0.912. The molecule has 1 aromatic rings. The monoisotopic (exact) mass is 232 g/mol. The highest BCUT2D eigenvalue weighted by Crippen LogP contribution is 2.05. The number of hydrogen-bond acceptors (Lipinski definition) is 3. The van der Waals surface area contributed by atoms with E-state index in [4.69, 9.17) is 4.74 Å². The van der Waals surface area contributed by atoms with Gasteiger partial charge in [0, 0.05) is 13.2 Å². The molecular weight excluding hydrogens is 224 g/mol. The second-order valence-corrected chi connectivity index (χ2v) is 3.64. The Morgan fingerprint density at radius 1 is 1.83 bits per heavy atom. The van der Waals surface area contributed by atoms with E-state index in [0.29, 0.717) is 5.56 Å². The molecule has 66 valence electrons. The predicted molar refractivity (Wildman–Crippen MR) is 47.0 cm³/mol. The van der Waals surface area contributed by atoms with Gasteiger partial charge in [-0.25, -0.2) is 4.79 Å². The maximum Gasteiger partial charge on any atom is 0.342 e. The Morgan fingerprint density at radius 2 is 2.50 bits per heavy atom. The first-order valence-corrected chi connectivity index (χ1v) is 4.35. The quantitative estimate of drug-likeness (QED) is 0.571. The molecule has 1 heterocycles. The molecule has 1 aromatic heterocycles. The van der Waals surface area contributed by atoms with Crippen LogP contribution < -0.4 is 0 Å². The van der Waals surface area contributed by atoms with Gasteiger partial charge in [0.25, 0.3) is 0 Å². The summed E-state index contributed by atoms with van der Waals surface area (Å²) in [6, 6.07) is 0. The highest BCUT2D eigenvalue weighted by molar-refractivity contribution is 9.09. The Morgan fingerprint density at radius 3 is 2.92 bits per heavy atom. The van der Waals surface area contributed by atoms with Crippen LogP contribution >= 0.6 is 15.9 Å². The molecule has 0 aliphatic carbocycles. The number of alkyl halides is 1. The summed E-state index contributed by atoms with van der Waals surface area (Å²) >= 11 is 3.11. The minimum absolute atomic E-state index is 0.273. The highest BCUT2D eigenvalue weighted by atomic mass is 79.9. The Hall–Kier alpha value is -0.840. The van der Waals surface area contributed by atoms with E-state index in [9.17, 15) is 4.79 Å². The molecule has 0 N–H and O–H groups in total. The second kappa shape index (κ2) is 3.71. The number of aromatic nitrogens is 2. The van der Waals surface area contributed by atoms with Crippen molar-refractivity contribution >= 4 is 21.9 Å². The normalized spacial score (nSPS) is 12.6. The SMILES string of the molecule is CC(Br)OC(=O)c1cnn(C)c1. The maximum absolute atomic E-state index is 11.2. The summed E-state index contributed by atoms with van der Waals surface area (Å²) in [6.45, 7) is 1.73. The van der Waals surface area contributed by atoms with Crippen molar-refractivity contribution in [2.45, 2.75) is 11.9 Å². The predicted octanol–water partition coefficient (Wildman–Crippen LogP) is 1.32. The van der Waals surface area contributed by atoms with E-state index in [0.717, 1.165) is 0 Å². The van der Waals surface area contributed by atoms with Crippen molar-refractivity contribution in [2.24, 2.45) is 7.05 Å². The number of carbonyl (C=O) groups is 1.